The Kier molecular flexibility index (Phi) is 16.8. The zero-order valence-corrected chi connectivity index (χ0v) is 45.3. The Labute approximate surface area is 452 Å². The molecule has 8 bridgehead atoms. The molecule has 0 saturated carbocycles. The van der Waals surface area contributed by atoms with E-state index >= 15 is 0 Å². The molecule has 2 aliphatic heterocycles. The normalized spacial score (nSPS) is 12.4. The third-order valence-corrected chi connectivity index (χ3v) is 16.6. The van der Waals surface area contributed by atoms with Crippen molar-refractivity contribution in [2.75, 3.05) is 20.1 Å². The second-order valence-corrected chi connectivity index (χ2v) is 22.0. The first-order valence-corrected chi connectivity index (χ1v) is 27.2. The Morgan fingerprint density at radius 1 is 0.581 bits per heavy atom. The van der Waals surface area contributed by atoms with E-state index in [0.29, 0.717) is 50.5 Å². The van der Waals surface area contributed by atoms with Gasteiger partial charge in [0.05, 0.1) is 32.6 Å². The van der Waals surface area contributed by atoms with Crippen molar-refractivity contribution in [1.82, 2.24) is 29.9 Å². The summed E-state index contributed by atoms with van der Waals surface area (Å²) in [7, 11) is -7.77. The van der Waals surface area contributed by atoms with Crippen molar-refractivity contribution in [3.63, 3.8) is 0 Å². The minimum atomic E-state index is -3.88. The molecule has 0 aliphatic carbocycles. The average molecular weight is 1130 g/mol. The molecule has 9 rings (SSSR count). The Morgan fingerprint density at radius 2 is 0.973 bits per heavy atom. The number of benzene rings is 2. The summed E-state index contributed by atoms with van der Waals surface area (Å²) in [6.07, 6.45) is 7.27. The van der Waals surface area contributed by atoms with Crippen molar-refractivity contribution in [1.29, 1.82) is 0 Å². The van der Waals surface area contributed by atoms with Gasteiger partial charge in [-0.05, 0) is 106 Å². The van der Waals surface area contributed by atoms with Gasteiger partial charge in [-0.1, -0.05) is 65.8 Å². The number of nitrogens with zero attached hydrogens (tertiary/aromatic N) is 6. The second kappa shape index (κ2) is 22.7. The van der Waals surface area contributed by atoms with E-state index in [9.17, 15) is 26.4 Å². The minimum Gasteiger partial charge on any atom is -1.00 e. The number of aryl methyl sites for hydroxylation is 4. The molecule has 0 atom stereocenters. The first kappa shape index (κ1) is 54.8. The number of sulfonamides is 2. The van der Waals surface area contributed by atoms with E-state index in [1.807, 2.05) is 52.0 Å². The number of hydrogen-bond donors (Lipinski definition) is 4. The summed E-state index contributed by atoms with van der Waals surface area (Å²) in [5, 5.41) is 9.60. The van der Waals surface area contributed by atoms with Gasteiger partial charge in [-0.15, -0.1) is 44.7 Å². The van der Waals surface area contributed by atoms with Gasteiger partial charge in [-0.25, -0.2) is 36.8 Å². The zero-order chi connectivity index (χ0) is 50.9. The first-order chi connectivity index (χ1) is 34.5. The van der Waals surface area contributed by atoms with Crippen molar-refractivity contribution < 1.29 is 55.9 Å². The number of amides is 2. The molecule has 0 unspecified atom stereocenters. The SMILES string of the molecule is C=CC1=C(C)c2cc3[n-]c(cc4[n-]c(cc5nc(cc1n2)C(C)=C5C=C)c(C)c4CCC(=O)Nc1ccc(S(=O)(=O)Nc2nccs2)cc1)c(CCC(=O)Nc1ccc(S(=O)(=O)Nc2nccs2)cc1)c3C.[Cl-].[Fe+3]. The molecule has 0 spiro atoms. The van der Waals surface area contributed by atoms with Crippen LogP contribution in [-0.2, 0) is 59.5 Å². The van der Waals surface area contributed by atoms with Gasteiger partial charge in [-0.2, -0.15) is 0 Å². The summed E-state index contributed by atoms with van der Waals surface area (Å²) in [6, 6.07) is 19.5. The molecule has 2 aromatic carbocycles. The Hall–Kier alpha value is -6.97. The summed E-state index contributed by atoms with van der Waals surface area (Å²) in [5.41, 5.74) is 12.9. The molecule has 4 N–H and O–H groups in total. The number of carbonyl (C=O) groups is 2. The molecule has 379 valence electrons. The smallest absolute Gasteiger partial charge is 1.00 e. The van der Waals surface area contributed by atoms with E-state index in [-0.39, 0.29) is 87.0 Å². The van der Waals surface area contributed by atoms with Gasteiger partial charge in [0.2, 0.25) is 11.8 Å². The van der Waals surface area contributed by atoms with E-state index in [1.54, 1.807) is 22.9 Å². The predicted molar refractivity (Wildman–Crippen MR) is 286 cm³/mol. The molecule has 0 fully saturated rings. The molecule has 7 aromatic rings. The van der Waals surface area contributed by atoms with Crippen LogP contribution in [0.2, 0.25) is 0 Å². The van der Waals surface area contributed by atoms with E-state index < -0.39 is 20.0 Å². The quantitative estimate of drug-likeness (QED) is 0.0712. The van der Waals surface area contributed by atoms with Crippen molar-refractivity contribution in [2.24, 2.45) is 0 Å². The summed E-state index contributed by atoms with van der Waals surface area (Å²) >= 11 is 2.32. The summed E-state index contributed by atoms with van der Waals surface area (Å²) < 4.78 is 56.5. The van der Waals surface area contributed by atoms with E-state index in [1.165, 1.54) is 60.9 Å². The number of allylic oxidation sites excluding steroid dienone is 6. The first-order valence-electron chi connectivity index (χ1n) is 22.5. The predicted octanol–water partition coefficient (Wildman–Crippen LogP) is 7.08. The van der Waals surface area contributed by atoms with Crippen LogP contribution in [0.4, 0.5) is 21.6 Å². The van der Waals surface area contributed by atoms with Crippen LogP contribution in [0.5, 0.6) is 0 Å². The molecule has 16 nitrogen and oxygen atoms in total. The van der Waals surface area contributed by atoms with Crippen LogP contribution in [0.1, 0.15) is 71.7 Å². The van der Waals surface area contributed by atoms with Gasteiger partial charge in [0.1, 0.15) is 0 Å². The van der Waals surface area contributed by atoms with E-state index in [4.69, 9.17) is 19.9 Å². The molecule has 74 heavy (non-hydrogen) atoms. The van der Waals surface area contributed by atoms with Gasteiger partial charge >= 0.3 is 17.1 Å². The number of anilines is 4. The molecule has 1 radical (unpaired) electrons. The Morgan fingerprint density at radius 3 is 1.36 bits per heavy atom. The summed E-state index contributed by atoms with van der Waals surface area (Å²) in [6.45, 7) is 16.1. The van der Waals surface area contributed by atoms with Crippen molar-refractivity contribution in [3.8, 4) is 0 Å². The number of halogens is 1. The van der Waals surface area contributed by atoms with E-state index in [0.717, 1.165) is 72.9 Å². The fourth-order valence-corrected chi connectivity index (χ4v) is 12.0. The largest absolute Gasteiger partial charge is 3.00 e. The number of rotatable bonds is 16. The molecule has 2 amide bonds. The summed E-state index contributed by atoms with van der Waals surface area (Å²) in [5.74, 6) is -0.593. The molecular formula is C52H46ClFeN10O6S4. The van der Waals surface area contributed by atoms with Gasteiger partial charge in [0.25, 0.3) is 20.0 Å². The fourth-order valence-electron chi connectivity index (χ4n) is 8.40. The van der Waals surface area contributed by atoms with Crippen LogP contribution in [0.25, 0.3) is 44.4 Å². The van der Waals surface area contributed by atoms with E-state index in [2.05, 4.69) is 43.2 Å². The summed E-state index contributed by atoms with van der Waals surface area (Å²) in [4.78, 5) is 55.6. The van der Waals surface area contributed by atoms with Gasteiger partial charge < -0.3 is 33.0 Å². The molecule has 5 aromatic heterocycles. The van der Waals surface area contributed by atoms with Crippen molar-refractivity contribution in [2.45, 2.75) is 63.2 Å². The maximum atomic E-state index is 13.6. The van der Waals surface area contributed by atoms with Crippen LogP contribution in [0.15, 0.2) is 131 Å². The van der Waals surface area contributed by atoms with Gasteiger partial charge in [0.15, 0.2) is 10.3 Å². The third kappa shape index (κ3) is 11.7. The van der Waals surface area contributed by atoms with Crippen molar-refractivity contribution in [3.05, 3.63) is 166 Å². The average Bonchev–Trinajstić information content (AvgIpc) is 4.22. The molecule has 22 heteroatoms. The van der Waals surface area contributed by atoms with Gasteiger partial charge in [0, 0.05) is 58.5 Å². The maximum Gasteiger partial charge on any atom is 3.00 e. The number of fused-ring (bicyclic) bond motifs is 8. The standard InChI is InChI=1S/C52H48N10O6S4.ClH.Fe/c1-7-37-29(3)41-25-42-31(5)39(17-19-49(63)55-33-9-13-35(14-10-33)71(65,66)61-51-53-21-23-69-51)47(59-42)28-48-40(32(6)44(60-48)27-46-38(8-2)30(4)43(58-46)26-45(37)57-41)18-20-50(64)56-34-11-15-36(16-12-34)72(67,68)62-52-54-22-24-70-52;;/h7-16,21-28H,1-2,17-20H2,3-6H3,(H6,53,54,55,56,57,58,59,60,61,62,63,64);1H;/q;;+3/p-3. The number of carbonyl (C=O) groups excluding carboxylic acids is 2. The molecular weight excluding hydrogens is 1080 g/mol. The van der Waals surface area contributed by atoms with Crippen molar-refractivity contribution >= 4 is 121 Å². The molecule has 0 saturated heterocycles. The molecule has 2 aliphatic rings. The number of hydrogen-bond acceptors (Lipinski definition) is 12. The van der Waals surface area contributed by atoms with Crippen LogP contribution < -0.4 is 42.5 Å². The number of aromatic nitrogens is 6. The Bertz CT molecular complexity index is 3800. The molecule has 7 heterocycles. The topological polar surface area (TPSA) is 230 Å². The fraction of sp³-hybridized carbons (Fsp3) is 0.154. The van der Waals surface area contributed by atoms with Crippen LogP contribution >= 0.6 is 22.7 Å². The van der Waals surface area contributed by atoms with Crippen LogP contribution in [0, 0.1) is 13.8 Å². The van der Waals surface area contributed by atoms with Gasteiger partial charge in [-0.3, -0.25) is 19.0 Å². The monoisotopic (exact) mass is 1130 g/mol. The minimum absolute atomic E-state index is 0. The van der Waals surface area contributed by atoms with Crippen LogP contribution in [0.3, 0.4) is 0 Å². The third-order valence-electron chi connectivity index (χ3n) is 12.3. The Balaban J connectivity index is 0.00000400. The second-order valence-electron chi connectivity index (χ2n) is 16.8. The van der Waals surface area contributed by atoms with Crippen LogP contribution in [-0.4, -0.2) is 48.6 Å². The number of nitrogens with one attached hydrogen (secondary N) is 4. The number of thiazole rings is 2. The maximum absolute atomic E-state index is 13.6. The zero-order valence-electron chi connectivity index (χ0n) is 40.1.